The maximum Gasteiger partial charge on any atom is 0.270 e. The molecule has 8 nitrogen and oxygen atoms in total. The van der Waals surface area contributed by atoms with E-state index < -0.39 is 11.8 Å². The summed E-state index contributed by atoms with van der Waals surface area (Å²) in [6, 6.07) is 15.4. The van der Waals surface area contributed by atoms with Crippen molar-refractivity contribution in [3.63, 3.8) is 0 Å². The topological polar surface area (TPSA) is 101 Å². The van der Waals surface area contributed by atoms with Crippen LogP contribution in [0.3, 0.4) is 0 Å². The Balaban J connectivity index is 1.52. The molecule has 4 aromatic rings. The zero-order valence-corrected chi connectivity index (χ0v) is 16.7. The van der Waals surface area contributed by atoms with Crippen LogP contribution in [0.2, 0.25) is 0 Å². The summed E-state index contributed by atoms with van der Waals surface area (Å²) in [5, 5.41) is 9.56. The molecular formula is C22H19FN6O2. The lowest BCUT2D eigenvalue weighted by Crippen LogP contribution is -2.28. The van der Waals surface area contributed by atoms with Crippen LogP contribution in [0.1, 0.15) is 37.7 Å². The van der Waals surface area contributed by atoms with Crippen LogP contribution in [0.5, 0.6) is 0 Å². The fraction of sp³-hybridized carbons (Fsp3) is 0.136. The van der Waals surface area contributed by atoms with Crippen LogP contribution < -0.4 is 10.6 Å². The van der Waals surface area contributed by atoms with Crippen LogP contribution in [0.25, 0.3) is 5.78 Å². The van der Waals surface area contributed by atoms with Gasteiger partial charge in [-0.2, -0.15) is 14.6 Å². The Hall–Kier alpha value is -4.14. The van der Waals surface area contributed by atoms with Gasteiger partial charge in [-0.3, -0.25) is 9.59 Å². The van der Waals surface area contributed by atoms with Crippen molar-refractivity contribution in [3.8, 4) is 0 Å². The van der Waals surface area contributed by atoms with Gasteiger partial charge in [0.25, 0.3) is 17.6 Å². The average molecular weight is 418 g/mol. The van der Waals surface area contributed by atoms with Crippen LogP contribution in [0.15, 0.2) is 60.9 Å². The highest BCUT2D eigenvalue weighted by Gasteiger charge is 2.18. The number of carbonyl (C=O) groups excluding carboxylic acids is 2. The first-order valence-corrected chi connectivity index (χ1v) is 9.57. The minimum Gasteiger partial charge on any atom is -0.347 e. The number of amides is 2. The van der Waals surface area contributed by atoms with E-state index in [4.69, 9.17) is 0 Å². The first-order valence-electron chi connectivity index (χ1n) is 9.57. The van der Waals surface area contributed by atoms with Gasteiger partial charge in [0.05, 0.1) is 0 Å². The van der Waals surface area contributed by atoms with Crippen molar-refractivity contribution in [2.45, 2.75) is 20.0 Å². The zero-order valence-electron chi connectivity index (χ0n) is 16.7. The molecule has 4 rings (SSSR count). The van der Waals surface area contributed by atoms with Gasteiger partial charge in [-0.05, 0) is 29.7 Å². The summed E-state index contributed by atoms with van der Waals surface area (Å²) in [7, 11) is 0. The van der Waals surface area contributed by atoms with Crippen LogP contribution in [-0.4, -0.2) is 31.4 Å². The third-order valence-corrected chi connectivity index (χ3v) is 4.69. The number of fused-ring (bicyclic) bond motifs is 1. The lowest BCUT2D eigenvalue weighted by molar-refractivity contribution is 0.0942. The number of hydrogen-bond donors (Lipinski definition) is 2. The quantitative estimate of drug-likeness (QED) is 0.501. The predicted molar refractivity (Wildman–Crippen MR) is 111 cm³/mol. The van der Waals surface area contributed by atoms with Gasteiger partial charge in [0.2, 0.25) is 0 Å². The maximum absolute atomic E-state index is 13.4. The molecule has 2 aromatic carbocycles. The number of halogens is 1. The molecule has 2 heterocycles. The molecule has 0 aliphatic heterocycles. The molecule has 0 aliphatic carbocycles. The van der Waals surface area contributed by atoms with E-state index in [9.17, 15) is 14.0 Å². The fourth-order valence-corrected chi connectivity index (χ4v) is 3.05. The number of aromatic nitrogens is 4. The first kappa shape index (κ1) is 20.1. The minimum atomic E-state index is -0.482. The van der Waals surface area contributed by atoms with Gasteiger partial charge in [-0.15, -0.1) is 0 Å². The number of hydrogen-bond acceptors (Lipinski definition) is 5. The second-order valence-corrected chi connectivity index (χ2v) is 6.93. The van der Waals surface area contributed by atoms with Gasteiger partial charge in [-0.1, -0.05) is 42.5 Å². The first-order chi connectivity index (χ1) is 15.0. The van der Waals surface area contributed by atoms with Gasteiger partial charge in [0.1, 0.15) is 23.5 Å². The molecule has 0 saturated heterocycles. The average Bonchev–Trinajstić information content (AvgIpc) is 3.27. The Morgan fingerprint density at radius 2 is 1.71 bits per heavy atom. The van der Waals surface area contributed by atoms with E-state index in [0.29, 0.717) is 12.1 Å². The summed E-state index contributed by atoms with van der Waals surface area (Å²) in [5.41, 5.74) is 2.35. The molecule has 0 aliphatic rings. The molecule has 0 spiro atoms. The number of rotatable bonds is 6. The highest BCUT2D eigenvalue weighted by atomic mass is 19.1. The molecule has 0 unspecified atom stereocenters. The maximum atomic E-state index is 13.4. The lowest BCUT2D eigenvalue weighted by Gasteiger charge is -2.09. The molecular weight excluding hydrogens is 399 g/mol. The van der Waals surface area contributed by atoms with E-state index in [0.717, 1.165) is 11.1 Å². The molecule has 2 N–H and O–H groups in total. The number of nitrogens with one attached hydrogen (secondary N) is 2. The summed E-state index contributed by atoms with van der Waals surface area (Å²) in [4.78, 5) is 33.6. The second kappa shape index (κ2) is 8.70. The van der Waals surface area contributed by atoms with Gasteiger partial charge in [0, 0.05) is 19.2 Å². The SMILES string of the molecule is Cc1cc(CNC(=O)c2cc(C(=O)NCc3ccccc3)n3ncnc3n2)ccc1F. The Bertz CT molecular complexity index is 1260. The van der Waals surface area contributed by atoms with Crippen molar-refractivity contribution in [3.05, 3.63) is 94.8 Å². The summed E-state index contributed by atoms with van der Waals surface area (Å²) in [6.45, 7) is 2.17. The monoisotopic (exact) mass is 418 g/mol. The van der Waals surface area contributed by atoms with Crippen molar-refractivity contribution in [1.29, 1.82) is 0 Å². The summed E-state index contributed by atoms with van der Waals surface area (Å²) in [6.07, 6.45) is 1.26. The number of nitrogens with zero attached hydrogens (tertiary/aromatic N) is 4. The normalized spacial score (nSPS) is 10.8. The molecule has 156 valence electrons. The zero-order chi connectivity index (χ0) is 21.8. The van der Waals surface area contributed by atoms with Crippen molar-refractivity contribution < 1.29 is 14.0 Å². The molecule has 0 radical (unpaired) electrons. The Morgan fingerprint density at radius 1 is 0.968 bits per heavy atom. The third kappa shape index (κ3) is 4.55. The third-order valence-electron chi connectivity index (χ3n) is 4.69. The van der Waals surface area contributed by atoms with E-state index in [1.54, 1.807) is 19.1 Å². The second-order valence-electron chi connectivity index (χ2n) is 6.93. The van der Waals surface area contributed by atoms with Gasteiger partial charge < -0.3 is 10.6 Å². The van der Waals surface area contributed by atoms with Crippen LogP contribution in [-0.2, 0) is 13.1 Å². The largest absolute Gasteiger partial charge is 0.347 e. The molecule has 2 amide bonds. The highest BCUT2D eigenvalue weighted by molar-refractivity contribution is 5.98. The summed E-state index contributed by atoms with van der Waals surface area (Å²) < 4.78 is 14.7. The van der Waals surface area contributed by atoms with Crippen molar-refractivity contribution in [1.82, 2.24) is 30.2 Å². The number of aryl methyl sites for hydroxylation is 1. The fourth-order valence-electron chi connectivity index (χ4n) is 3.05. The predicted octanol–water partition coefficient (Wildman–Crippen LogP) is 2.43. The molecule has 2 aromatic heterocycles. The van der Waals surface area contributed by atoms with E-state index in [1.165, 1.54) is 23.0 Å². The van der Waals surface area contributed by atoms with Crippen LogP contribution in [0.4, 0.5) is 4.39 Å². The van der Waals surface area contributed by atoms with Gasteiger partial charge in [0.15, 0.2) is 0 Å². The Kier molecular flexibility index (Phi) is 5.65. The van der Waals surface area contributed by atoms with Gasteiger partial charge in [-0.25, -0.2) is 9.37 Å². The molecule has 0 atom stereocenters. The van der Waals surface area contributed by atoms with Crippen LogP contribution >= 0.6 is 0 Å². The van der Waals surface area contributed by atoms with E-state index in [2.05, 4.69) is 25.7 Å². The number of carbonyl (C=O) groups is 2. The van der Waals surface area contributed by atoms with Crippen molar-refractivity contribution in [2.24, 2.45) is 0 Å². The molecule has 0 saturated carbocycles. The lowest BCUT2D eigenvalue weighted by atomic mass is 10.1. The summed E-state index contributed by atoms with van der Waals surface area (Å²) in [5.74, 6) is -1.06. The van der Waals surface area contributed by atoms with E-state index in [-0.39, 0.29) is 29.5 Å². The highest BCUT2D eigenvalue weighted by Crippen LogP contribution is 2.10. The number of benzene rings is 2. The Morgan fingerprint density at radius 3 is 2.48 bits per heavy atom. The molecule has 9 heteroatoms. The molecule has 0 fully saturated rings. The van der Waals surface area contributed by atoms with Crippen molar-refractivity contribution >= 4 is 17.6 Å². The smallest absolute Gasteiger partial charge is 0.270 e. The minimum absolute atomic E-state index is 0.0317. The van der Waals surface area contributed by atoms with Crippen LogP contribution in [0, 0.1) is 12.7 Å². The standard InChI is InChI=1S/C22H19FN6O2/c1-14-9-16(7-8-17(14)23)12-24-20(30)18-10-19(29-22(28-18)26-13-27-29)21(31)25-11-15-5-3-2-4-6-15/h2-10,13H,11-12H2,1H3,(H,24,30)(H,25,31). The van der Waals surface area contributed by atoms with E-state index in [1.807, 2.05) is 30.3 Å². The van der Waals surface area contributed by atoms with Crippen molar-refractivity contribution in [2.75, 3.05) is 0 Å². The summed E-state index contributed by atoms with van der Waals surface area (Å²) >= 11 is 0. The molecule has 31 heavy (non-hydrogen) atoms. The molecule has 0 bridgehead atoms. The van der Waals surface area contributed by atoms with Gasteiger partial charge >= 0.3 is 0 Å². The van der Waals surface area contributed by atoms with E-state index >= 15 is 0 Å². The Labute approximate surface area is 177 Å².